The van der Waals surface area contributed by atoms with Crippen molar-refractivity contribution in [1.29, 1.82) is 0 Å². The lowest BCUT2D eigenvalue weighted by Gasteiger charge is -2.09. The van der Waals surface area contributed by atoms with Crippen LogP contribution in [0.1, 0.15) is 37.2 Å². The summed E-state index contributed by atoms with van der Waals surface area (Å²) in [6.45, 7) is 4.65. The number of rotatable bonds is 8. The van der Waals surface area contributed by atoms with E-state index >= 15 is 0 Å². The number of carbonyl (C=O) groups excluding carboxylic acids is 2. The summed E-state index contributed by atoms with van der Waals surface area (Å²) in [6, 6.07) is 0. The molecule has 20 heavy (non-hydrogen) atoms. The third kappa shape index (κ3) is 4.56. The fraction of sp³-hybridized carbons (Fsp3) is 0.615. The Labute approximate surface area is 118 Å². The van der Waals surface area contributed by atoms with Crippen molar-refractivity contribution in [3.63, 3.8) is 0 Å². The van der Waals surface area contributed by atoms with Crippen molar-refractivity contribution in [1.82, 2.24) is 9.78 Å². The van der Waals surface area contributed by atoms with Crippen molar-refractivity contribution in [3.8, 4) is 0 Å². The second-order valence-corrected chi connectivity index (χ2v) is 4.24. The predicted octanol–water partition coefficient (Wildman–Crippen LogP) is 1.44. The number of hydrogen-bond donors (Lipinski definition) is 1. The highest BCUT2D eigenvalue weighted by molar-refractivity contribution is 5.93. The summed E-state index contributed by atoms with van der Waals surface area (Å²) in [5, 5.41) is 7.28. The largest absolute Gasteiger partial charge is 0.464 e. The van der Waals surface area contributed by atoms with E-state index in [9.17, 15) is 9.59 Å². The van der Waals surface area contributed by atoms with E-state index in [4.69, 9.17) is 9.47 Å². The van der Waals surface area contributed by atoms with Crippen LogP contribution in [-0.4, -0.2) is 42.0 Å². The minimum absolute atomic E-state index is 0.162. The van der Waals surface area contributed by atoms with E-state index in [0.717, 1.165) is 19.4 Å². The number of nitrogens with zero attached hydrogens (tertiary/aromatic N) is 2. The summed E-state index contributed by atoms with van der Waals surface area (Å²) in [4.78, 5) is 22.5. The van der Waals surface area contributed by atoms with E-state index in [2.05, 4.69) is 17.3 Å². The van der Waals surface area contributed by atoms with Gasteiger partial charge in [0.05, 0.1) is 25.5 Å². The lowest BCUT2D eigenvalue weighted by atomic mass is 10.3. The zero-order valence-corrected chi connectivity index (χ0v) is 12.1. The molecule has 112 valence electrons. The fourth-order valence-corrected chi connectivity index (χ4v) is 1.67. The average molecular weight is 283 g/mol. The molecule has 0 amide bonds. The lowest BCUT2D eigenvalue weighted by Crippen LogP contribution is -2.17. The van der Waals surface area contributed by atoms with Gasteiger partial charge in [-0.25, -0.2) is 4.79 Å². The first kappa shape index (κ1) is 16.0. The van der Waals surface area contributed by atoms with Crippen LogP contribution in [0, 0.1) is 0 Å². The molecule has 7 nitrogen and oxygen atoms in total. The molecular formula is C13H21N3O4. The van der Waals surface area contributed by atoms with Crippen LogP contribution in [0.5, 0.6) is 0 Å². The molecule has 0 aliphatic carbocycles. The molecule has 0 aliphatic heterocycles. The molecule has 0 radical (unpaired) electrons. The molecule has 0 atom stereocenters. The van der Waals surface area contributed by atoms with Crippen LogP contribution >= 0.6 is 0 Å². The molecule has 0 aromatic carbocycles. The zero-order chi connectivity index (χ0) is 15.0. The van der Waals surface area contributed by atoms with E-state index in [1.807, 2.05) is 0 Å². The quantitative estimate of drug-likeness (QED) is 0.574. The van der Waals surface area contributed by atoms with Gasteiger partial charge in [0, 0.05) is 13.5 Å². The highest BCUT2D eigenvalue weighted by atomic mass is 16.5. The molecule has 0 spiro atoms. The second-order valence-electron chi connectivity index (χ2n) is 4.24. The smallest absolute Gasteiger partial charge is 0.358 e. The van der Waals surface area contributed by atoms with Crippen molar-refractivity contribution in [2.75, 3.05) is 25.6 Å². The van der Waals surface area contributed by atoms with Gasteiger partial charge >= 0.3 is 11.9 Å². The summed E-state index contributed by atoms with van der Waals surface area (Å²) in [5.74, 6) is -0.831. The highest BCUT2D eigenvalue weighted by Crippen LogP contribution is 2.16. The Morgan fingerprint density at radius 1 is 1.45 bits per heavy atom. The Morgan fingerprint density at radius 2 is 2.20 bits per heavy atom. The number of aromatic nitrogens is 2. The van der Waals surface area contributed by atoms with E-state index in [-0.39, 0.29) is 12.6 Å². The first-order valence-electron chi connectivity index (χ1n) is 6.61. The van der Waals surface area contributed by atoms with Gasteiger partial charge in [0.15, 0.2) is 5.69 Å². The maximum Gasteiger partial charge on any atom is 0.358 e. The van der Waals surface area contributed by atoms with Gasteiger partial charge in [-0.15, -0.1) is 0 Å². The van der Waals surface area contributed by atoms with Crippen LogP contribution < -0.4 is 5.32 Å². The number of carbonyl (C=O) groups is 2. The third-order valence-electron chi connectivity index (χ3n) is 2.67. The van der Waals surface area contributed by atoms with Gasteiger partial charge < -0.3 is 14.8 Å². The highest BCUT2D eigenvalue weighted by Gasteiger charge is 2.19. The molecule has 1 aromatic rings. The Morgan fingerprint density at radius 3 is 2.80 bits per heavy atom. The topological polar surface area (TPSA) is 82.5 Å². The Balaban J connectivity index is 2.77. The van der Waals surface area contributed by atoms with Gasteiger partial charge in [0.25, 0.3) is 0 Å². The van der Waals surface area contributed by atoms with Crippen molar-refractivity contribution in [2.45, 2.75) is 33.2 Å². The molecule has 1 aromatic heterocycles. The average Bonchev–Trinajstić information content (AvgIpc) is 2.81. The van der Waals surface area contributed by atoms with Crippen LogP contribution in [0.3, 0.4) is 0 Å². The standard InChI is InChI=1S/C13H21N3O4/c1-4-5-6-14-11-9-15-16(7-8-20-10(2)17)12(11)13(18)19-3/h9,14H,4-8H2,1-3H3. The Hall–Kier alpha value is -2.05. The van der Waals surface area contributed by atoms with E-state index < -0.39 is 5.97 Å². The van der Waals surface area contributed by atoms with E-state index in [1.54, 1.807) is 6.20 Å². The van der Waals surface area contributed by atoms with Gasteiger partial charge in [-0.3, -0.25) is 9.48 Å². The number of esters is 2. The molecule has 0 fully saturated rings. The summed E-state index contributed by atoms with van der Waals surface area (Å²) >= 11 is 0. The first-order chi connectivity index (χ1) is 9.60. The third-order valence-corrected chi connectivity index (χ3v) is 2.67. The van der Waals surface area contributed by atoms with Crippen LogP contribution in [0.15, 0.2) is 6.20 Å². The zero-order valence-electron chi connectivity index (χ0n) is 12.1. The molecular weight excluding hydrogens is 262 g/mol. The molecule has 0 aliphatic rings. The fourth-order valence-electron chi connectivity index (χ4n) is 1.67. The van der Waals surface area contributed by atoms with Crippen molar-refractivity contribution >= 4 is 17.6 Å². The Kier molecular flexibility index (Phi) is 6.55. The van der Waals surface area contributed by atoms with Gasteiger partial charge in [0.2, 0.25) is 0 Å². The second kappa shape index (κ2) is 8.19. The lowest BCUT2D eigenvalue weighted by molar-refractivity contribution is -0.141. The van der Waals surface area contributed by atoms with E-state index in [1.165, 1.54) is 18.7 Å². The molecule has 1 heterocycles. The normalized spacial score (nSPS) is 10.2. The maximum absolute atomic E-state index is 11.8. The number of hydrogen-bond acceptors (Lipinski definition) is 6. The SMILES string of the molecule is CCCCNc1cnn(CCOC(C)=O)c1C(=O)OC. The molecule has 1 N–H and O–H groups in total. The monoisotopic (exact) mass is 283 g/mol. The molecule has 7 heteroatoms. The molecule has 0 saturated heterocycles. The molecule has 0 unspecified atom stereocenters. The number of unbranched alkanes of at least 4 members (excludes halogenated alkanes) is 1. The molecule has 0 saturated carbocycles. The van der Waals surface area contributed by atoms with Crippen molar-refractivity contribution in [2.24, 2.45) is 0 Å². The summed E-state index contributed by atoms with van der Waals surface area (Å²) in [7, 11) is 1.32. The van der Waals surface area contributed by atoms with Gasteiger partial charge in [0.1, 0.15) is 6.61 Å². The summed E-state index contributed by atoms with van der Waals surface area (Å²) in [5.41, 5.74) is 0.976. The molecule has 1 rings (SSSR count). The molecule has 0 bridgehead atoms. The van der Waals surface area contributed by atoms with Crippen LogP contribution in [-0.2, 0) is 20.8 Å². The minimum atomic E-state index is -0.468. The Bertz CT molecular complexity index is 456. The summed E-state index contributed by atoms with van der Waals surface area (Å²) < 4.78 is 11.1. The van der Waals surface area contributed by atoms with Gasteiger partial charge in [-0.05, 0) is 6.42 Å². The van der Waals surface area contributed by atoms with Gasteiger partial charge in [-0.1, -0.05) is 13.3 Å². The van der Waals surface area contributed by atoms with Crippen LogP contribution in [0.4, 0.5) is 5.69 Å². The number of nitrogens with one attached hydrogen (secondary N) is 1. The number of ether oxygens (including phenoxy) is 2. The minimum Gasteiger partial charge on any atom is -0.464 e. The van der Waals surface area contributed by atoms with Crippen LogP contribution in [0.25, 0.3) is 0 Å². The van der Waals surface area contributed by atoms with Crippen molar-refractivity contribution in [3.05, 3.63) is 11.9 Å². The number of methoxy groups -OCH3 is 1. The van der Waals surface area contributed by atoms with E-state index in [0.29, 0.717) is 17.9 Å². The maximum atomic E-state index is 11.8. The van der Waals surface area contributed by atoms with Crippen molar-refractivity contribution < 1.29 is 19.1 Å². The summed E-state index contributed by atoms with van der Waals surface area (Å²) in [6.07, 6.45) is 3.63. The number of anilines is 1. The first-order valence-corrected chi connectivity index (χ1v) is 6.61. The van der Waals surface area contributed by atoms with Gasteiger partial charge in [-0.2, -0.15) is 5.10 Å². The van der Waals surface area contributed by atoms with Crippen LogP contribution in [0.2, 0.25) is 0 Å². The predicted molar refractivity (Wildman–Crippen MR) is 73.6 cm³/mol.